The molecule has 1 saturated carbocycles. The van der Waals surface area contributed by atoms with Crippen LogP contribution in [0.4, 0.5) is 0 Å². The van der Waals surface area contributed by atoms with Gasteiger partial charge in [-0.2, -0.15) is 0 Å². The van der Waals surface area contributed by atoms with Crippen molar-refractivity contribution in [2.45, 2.75) is 18.0 Å². The van der Waals surface area contributed by atoms with Gasteiger partial charge in [-0.1, -0.05) is 36.9 Å². The first-order valence-corrected chi connectivity index (χ1v) is 7.10. The fraction of sp³-hybridized carbons (Fsp3) is 0.278. The molecule has 2 aromatic rings. The molecule has 2 heteroatoms. The van der Waals surface area contributed by atoms with Crippen molar-refractivity contribution in [2.24, 2.45) is 4.99 Å². The Kier molecular flexibility index (Phi) is 2.39. The maximum Gasteiger partial charge on any atom is 0.0753 e. The minimum absolute atomic E-state index is 0.409. The van der Waals surface area contributed by atoms with Crippen molar-refractivity contribution in [3.8, 4) is 0 Å². The summed E-state index contributed by atoms with van der Waals surface area (Å²) in [5.41, 5.74) is 3.76. The van der Waals surface area contributed by atoms with Gasteiger partial charge in [0.05, 0.1) is 11.8 Å². The normalized spacial score (nSPS) is 26.9. The highest BCUT2D eigenvalue weighted by Crippen LogP contribution is 2.51. The van der Waals surface area contributed by atoms with E-state index in [1.807, 2.05) is 6.08 Å². The highest BCUT2D eigenvalue weighted by Gasteiger charge is 2.55. The zero-order valence-electron chi connectivity index (χ0n) is 11.9. The molecule has 2 nitrogen and oxygen atoms in total. The molecule has 2 aliphatic rings. The Bertz CT molecular complexity index is 742. The van der Waals surface area contributed by atoms with Crippen LogP contribution in [0.5, 0.6) is 0 Å². The molecule has 20 heavy (non-hydrogen) atoms. The van der Waals surface area contributed by atoms with Gasteiger partial charge in [-0.05, 0) is 42.6 Å². The standard InChI is InChI=1S/C18H18N2/c1-4-15-13-9-11-7-5-6-8-12(11)10-14(13)16-17(19-15)18(16)20(2)3/h4-10,16-18H,1H2,2-3H3. The molecular formula is C18H18N2. The van der Waals surface area contributed by atoms with Crippen LogP contribution < -0.4 is 0 Å². The number of benzene rings is 2. The zero-order valence-corrected chi connectivity index (χ0v) is 11.9. The second kappa shape index (κ2) is 4.03. The van der Waals surface area contributed by atoms with E-state index in [-0.39, 0.29) is 0 Å². The van der Waals surface area contributed by atoms with Crippen LogP contribution in [0.15, 0.2) is 54.0 Å². The zero-order chi connectivity index (χ0) is 13.9. The Morgan fingerprint density at radius 1 is 1.15 bits per heavy atom. The van der Waals surface area contributed by atoms with Crippen molar-refractivity contribution in [3.05, 3.63) is 60.2 Å². The molecule has 0 bridgehead atoms. The Labute approximate surface area is 119 Å². The van der Waals surface area contributed by atoms with E-state index in [1.165, 1.54) is 21.9 Å². The van der Waals surface area contributed by atoms with Gasteiger partial charge in [0.2, 0.25) is 0 Å². The van der Waals surface area contributed by atoms with Gasteiger partial charge < -0.3 is 4.90 Å². The topological polar surface area (TPSA) is 15.6 Å². The Morgan fingerprint density at radius 2 is 1.85 bits per heavy atom. The highest BCUT2D eigenvalue weighted by molar-refractivity contribution is 6.12. The maximum atomic E-state index is 4.88. The molecule has 4 rings (SSSR count). The van der Waals surface area contributed by atoms with Crippen molar-refractivity contribution in [1.29, 1.82) is 0 Å². The van der Waals surface area contributed by atoms with E-state index in [1.54, 1.807) is 0 Å². The number of aliphatic imine (C=N–C) groups is 1. The molecule has 1 aliphatic carbocycles. The number of hydrogen-bond donors (Lipinski definition) is 0. The Balaban J connectivity index is 1.95. The van der Waals surface area contributed by atoms with Crippen molar-refractivity contribution in [1.82, 2.24) is 4.90 Å². The highest BCUT2D eigenvalue weighted by atomic mass is 15.2. The van der Waals surface area contributed by atoms with Crippen LogP contribution >= 0.6 is 0 Å². The summed E-state index contributed by atoms with van der Waals surface area (Å²) in [5.74, 6) is 0.549. The van der Waals surface area contributed by atoms with Gasteiger partial charge in [0, 0.05) is 17.5 Å². The summed E-state index contributed by atoms with van der Waals surface area (Å²) < 4.78 is 0. The molecule has 100 valence electrons. The average molecular weight is 262 g/mol. The van der Waals surface area contributed by atoms with Gasteiger partial charge in [-0.25, -0.2) is 0 Å². The largest absolute Gasteiger partial charge is 0.304 e. The monoisotopic (exact) mass is 262 g/mol. The fourth-order valence-electron chi connectivity index (χ4n) is 3.58. The van der Waals surface area contributed by atoms with E-state index in [2.05, 4.69) is 62.0 Å². The number of nitrogens with zero attached hydrogens (tertiary/aromatic N) is 2. The maximum absolute atomic E-state index is 4.88. The summed E-state index contributed by atoms with van der Waals surface area (Å²) in [5, 5.41) is 2.60. The van der Waals surface area contributed by atoms with Crippen LogP contribution in [-0.2, 0) is 0 Å². The molecule has 0 spiro atoms. The van der Waals surface area contributed by atoms with Crippen molar-refractivity contribution in [3.63, 3.8) is 0 Å². The smallest absolute Gasteiger partial charge is 0.0753 e. The molecule has 0 aromatic heterocycles. The third-order valence-electron chi connectivity index (χ3n) is 4.58. The molecule has 1 fully saturated rings. The lowest BCUT2D eigenvalue weighted by molar-refractivity contribution is 0.386. The van der Waals surface area contributed by atoms with E-state index in [0.717, 1.165) is 5.71 Å². The molecule has 1 heterocycles. The van der Waals surface area contributed by atoms with E-state index < -0.39 is 0 Å². The summed E-state index contributed by atoms with van der Waals surface area (Å²) in [6.45, 7) is 3.94. The fourth-order valence-corrected chi connectivity index (χ4v) is 3.58. The van der Waals surface area contributed by atoms with Gasteiger partial charge >= 0.3 is 0 Å². The Morgan fingerprint density at radius 3 is 2.50 bits per heavy atom. The van der Waals surface area contributed by atoms with Crippen LogP contribution in [0.3, 0.4) is 0 Å². The molecule has 0 saturated heterocycles. The van der Waals surface area contributed by atoms with Crippen molar-refractivity contribution >= 4 is 16.5 Å². The van der Waals surface area contributed by atoms with Crippen molar-refractivity contribution in [2.75, 3.05) is 14.1 Å². The van der Waals surface area contributed by atoms with Gasteiger partial charge in [-0.15, -0.1) is 0 Å². The molecular weight excluding hydrogens is 244 g/mol. The van der Waals surface area contributed by atoms with Crippen LogP contribution in [-0.4, -0.2) is 36.8 Å². The molecule has 2 aromatic carbocycles. The minimum atomic E-state index is 0.409. The van der Waals surface area contributed by atoms with E-state index in [9.17, 15) is 0 Å². The third kappa shape index (κ3) is 1.52. The van der Waals surface area contributed by atoms with E-state index in [0.29, 0.717) is 18.0 Å². The van der Waals surface area contributed by atoms with Crippen LogP contribution in [0.25, 0.3) is 10.8 Å². The van der Waals surface area contributed by atoms with E-state index >= 15 is 0 Å². The van der Waals surface area contributed by atoms with Gasteiger partial charge in [0.1, 0.15) is 0 Å². The number of hydrogen-bond acceptors (Lipinski definition) is 2. The predicted octanol–water partition coefficient (Wildman–Crippen LogP) is 3.22. The van der Waals surface area contributed by atoms with E-state index in [4.69, 9.17) is 4.99 Å². The third-order valence-corrected chi connectivity index (χ3v) is 4.58. The van der Waals surface area contributed by atoms with Crippen LogP contribution in [0.2, 0.25) is 0 Å². The van der Waals surface area contributed by atoms with Crippen LogP contribution in [0, 0.1) is 0 Å². The number of fused-ring (bicyclic) bond motifs is 4. The number of rotatable bonds is 2. The summed E-state index contributed by atoms with van der Waals surface area (Å²) in [4.78, 5) is 7.18. The molecule has 0 N–H and O–H groups in total. The van der Waals surface area contributed by atoms with Gasteiger partial charge in [-0.3, -0.25) is 4.99 Å². The van der Waals surface area contributed by atoms with Gasteiger partial charge in [0.25, 0.3) is 0 Å². The first-order chi connectivity index (χ1) is 9.70. The lowest BCUT2D eigenvalue weighted by Gasteiger charge is -2.15. The van der Waals surface area contributed by atoms with Gasteiger partial charge in [0.15, 0.2) is 0 Å². The second-order valence-electron chi connectivity index (χ2n) is 5.98. The van der Waals surface area contributed by atoms with Crippen LogP contribution in [0.1, 0.15) is 17.0 Å². The minimum Gasteiger partial charge on any atom is -0.304 e. The summed E-state index contributed by atoms with van der Waals surface area (Å²) in [6, 6.07) is 14.1. The number of likely N-dealkylation sites (N-methyl/N-ethyl adjacent to an activating group) is 1. The molecule has 3 atom stereocenters. The first kappa shape index (κ1) is 11.9. The summed E-state index contributed by atoms with van der Waals surface area (Å²) >= 11 is 0. The molecule has 1 aliphatic heterocycles. The first-order valence-electron chi connectivity index (χ1n) is 7.10. The SMILES string of the molecule is C=CC1=NC2C(c3cc4ccccc4cc31)C2N(C)C. The summed E-state index contributed by atoms with van der Waals surface area (Å²) in [7, 11) is 4.29. The number of allylic oxidation sites excluding steroid dienone is 1. The lowest BCUT2D eigenvalue weighted by Crippen LogP contribution is -2.17. The molecule has 3 unspecified atom stereocenters. The second-order valence-corrected chi connectivity index (χ2v) is 5.98. The quantitative estimate of drug-likeness (QED) is 0.811. The summed E-state index contributed by atoms with van der Waals surface area (Å²) in [6.07, 6.45) is 1.90. The lowest BCUT2D eigenvalue weighted by atomic mass is 9.93. The molecule has 0 amide bonds. The van der Waals surface area contributed by atoms with Crippen molar-refractivity contribution < 1.29 is 0 Å². The Hall–Kier alpha value is -1.93. The molecule has 0 radical (unpaired) electrons. The predicted molar refractivity (Wildman–Crippen MR) is 84.7 cm³/mol. The average Bonchev–Trinajstić information content (AvgIpc) is 3.19.